The van der Waals surface area contributed by atoms with Crippen LogP contribution in [0.5, 0.6) is 5.75 Å². The van der Waals surface area contributed by atoms with Crippen molar-refractivity contribution in [2.75, 3.05) is 11.5 Å². The van der Waals surface area contributed by atoms with Gasteiger partial charge in [0.2, 0.25) is 11.8 Å². The Morgan fingerprint density at radius 3 is 2.27 bits per heavy atom. The molecular weight excluding hydrogens is 330 g/mol. The van der Waals surface area contributed by atoms with Crippen LogP contribution in [0, 0.1) is 29.1 Å². The number of amides is 2. The lowest BCUT2D eigenvalue weighted by Crippen LogP contribution is -2.35. The number of nitrogens with zero attached hydrogens (tertiary/aromatic N) is 1. The molecular formula is C21H21NO4. The fourth-order valence-corrected chi connectivity index (χ4v) is 5.50. The number of ketones is 1. The summed E-state index contributed by atoms with van der Waals surface area (Å²) < 4.78 is 5.65. The Morgan fingerprint density at radius 1 is 1.15 bits per heavy atom. The second-order valence-corrected chi connectivity index (χ2v) is 7.90. The zero-order valence-electron chi connectivity index (χ0n) is 14.9. The molecule has 2 saturated carbocycles. The van der Waals surface area contributed by atoms with E-state index in [1.165, 1.54) is 11.8 Å². The monoisotopic (exact) mass is 351 g/mol. The summed E-state index contributed by atoms with van der Waals surface area (Å²) in [6.07, 6.45) is 6.55. The smallest absolute Gasteiger partial charge is 0.238 e. The molecule has 1 aromatic carbocycles. The van der Waals surface area contributed by atoms with Crippen LogP contribution in [0.25, 0.3) is 0 Å². The summed E-state index contributed by atoms with van der Waals surface area (Å²) in [5, 5.41) is 0. The number of imide groups is 1. The molecule has 1 aliphatic heterocycles. The number of benzene rings is 1. The zero-order valence-corrected chi connectivity index (χ0v) is 14.9. The van der Waals surface area contributed by atoms with Crippen LogP contribution >= 0.6 is 0 Å². The van der Waals surface area contributed by atoms with E-state index in [0.717, 1.165) is 12.8 Å². The normalized spacial score (nSPS) is 32.5. The third-order valence-electron chi connectivity index (χ3n) is 6.76. The average Bonchev–Trinajstić information content (AvgIpc) is 3.21. The van der Waals surface area contributed by atoms with Gasteiger partial charge in [0.25, 0.3) is 0 Å². The number of anilines is 1. The maximum absolute atomic E-state index is 13.3. The van der Waals surface area contributed by atoms with Crippen molar-refractivity contribution in [1.82, 2.24) is 0 Å². The molecule has 4 atom stereocenters. The number of Topliss-reactive ketones (excluding diaryl/α,β-unsaturated/α-hetero) is 1. The Morgan fingerprint density at radius 2 is 1.77 bits per heavy atom. The third-order valence-corrected chi connectivity index (χ3v) is 6.76. The summed E-state index contributed by atoms with van der Waals surface area (Å²) in [5.74, 6) is -0.0377. The molecule has 134 valence electrons. The molecule has 26 heavy (non-hydrogen) atoms. The van der Waals surface area contributed by atoms with Crippen molar-refractivity contribution in [2.24, 2.45) is 29.1 Å². The van der Waals surface area contributed by atoms with Gasteiger partial charge in [0.05, 0.1) is 24.1 Å². The molecule has 1 aromatic rings. The largest absolute Gasteiger partial charge is 0.492 e. The zero-order chi connectivity index (χ0) is 18.2. The van der Waals surface area contributed by atoms with Crippen LogP contribution in [-0.4, -0.2) is 24.2 Å². The molecule has 3 aliphatic carbocycles. The van der Waals surface area contributed by atoms with Gasteiger partial charge in [0.15, 0.2) is 5.78 Å². The summed E-state index contributed by atoms with van der Waals surface area (Å²) in [5.41, 5.74) is 1.06. The van der Waals surface area contributed by atoms with Crippen LogP contribution in [0.1, 0.15) is 37.0 Å². The number of carbonyl (C=O) groups excluding carboxylic acids is 3. The van der Waals surface area contributed by atoms with Crippen molar-refractivity contribution in [3.05, 3.63) is 35.9 Å². The second-order valence-electron chi connectivity index (χ2n) is 7.90. The van der Waals surface area contributed by atoms with Crippen molar-refractivity contribution >= 4 is 23.3 Å². The van der Waals surface area contributed by atoms with Crippen molar-refractivity contribution in [2.45, 2.75) is 26.7 Å². The van der Waals surface area contributed by atoms with Gasteiger partial charge in [-0.3, -0.25) is 14.4 Å². The molecule has 1 heterocycles. The average molecular weight is 351 g/mol. The van der Waals surface area contributed by atoms with E-state index in [0.29, 0.717) is 23.6 Å². The Bertz CT molecular complexity index is 848. The van der Waals surface area contributed by atoms with Gasteiger partial charge < -0.3 is 4.74 Å². The van der Waals surface area contributed by atoms with E-state index in [-0.39, 0.29) is 46.7 Å². The topological polar surface area (TPSA) is 63.7 Å². The lowest BCUT2D eigenvalue weighted by Gasteiger charge is -2.23. The van der Waals surface area contributed by atoms with Crippen molar-refractivity contribution in [3.63, 3.8) is 0 Å². The van der Waals surface area contributed by atoms with Crippen LogP contribution in [-0.2, 0) is 9.59 Å². The van der Waals surface area contributed by atoms with Gasteiger partial charge >= 0.3 is 0 Å². The Hall–Kier alpha value is -2.43. The molecule has 4 aliphatic rings. The molecule has 3 fully saturated rings. The molecule has 0 N–H and O–H groups in total. The molecule has 0 unspecified atom stereocenters. The molecule has 0 aromatic heterocycles. The molecule has 5 nitrogen and oxygen atoms in total. The molecule has 5 rings (SSSR count). The number of hydrogen-bond acceptors (Lipinski definition) is 4. The summed E-state index contributed by atoms with van der Waals surface area (Å²) in [6, 6.07) is 4.97. The molecule has 5 heteroatoms. The van der Waals surface area contributed by atoms with Crippen LogP contribution in [0.2, 0.25) is 0 Å². The molecule has 1 saturated heterocycles. The molecule has 1 spiro atoms. The number of allylic oxidation sites excluding steroid dienone is 2. The quantitative estimate of drug-likeness (QED) is 0.475. The first-order valence-electron chi connectivity index (χ1n) is 9.33. The van der Waals surface area contributed by atoms with E-state index in [1.54, 1.807) is 18.2 Å². The second kappa shape index (κ2) is 5.06. The minimum atomic E-state index is -0.254. The highest BCUT2D eigenvalue weighted by Crippen LogP contribution is 2.73. The lowest BCUT2D eigenvalue weighted by atomic mass is 9.85. The number of ether oxygens (including phenoxy) is 1. The highest BCUT2D eigenvalue weighted by atomic mass is 16.5. The summed E-state index contributed by atoms with van der Waals surface area (Å²) in [6.45, 7) is 3.75. The van der Waals surface area contributed by atoms with Crippen molar-refractivity contribution < 1.29 is 19.1 Å². The predicted molar refractivity (Wildman–Crippen MR) is 94.9 cm³/mol. The van der Waals surface area contributed by atoms with Crippen molar-refractivity contribution in [3.8, 4) is 5.75 Å². The van der Waals surface area contributed by atoms with Gasteiger partial charge in [-0.2, -0.15) is 0 Å². The number of rotatable bonds is 4. The van der Waals surface area contributed by atoms with E-state index < -0.39 is 0 Å². The first-order chi connectivity index (χ1) is 12.5. The van der Waals surface area contributed by atoms with Crippen LogP contribution in [0.4, 0.5) is 5.69 Å². The fourth-order valence-electron chi connectivity index (χ4n) is 5.50. The van der Waals surface area contributed by atoms with E-state index in [4.69, 9.17) is 4.74 Å². The van der Waals surface area contributed by atoms with Crippen LogP contribution in [0.15, 0.2) is 30.4 Å². The Balaban J connectivity index is 1.58. The van der Waals surface area contributed by atoms with Crippen LogP contribution < -0.4 is 9.64 Å². The number of carbonyl (C=O) groups is 3. The summed E-state index contributed by atoms with van der Waals surface area (Å²) in [4.78, 5) is 39.6. The van der Waals surface area contributed by atoms with E-state index >= 15 is 0 Å². The fraction of sp³-hybridized carbons (Fsp3) is 0.476. The van der Waals surface area contributed by atoms with E-state index in [1.807, 2.05) is 6.92 Å². The van der Waals surface area contributed by atoms with Gasteiger partial charge in [0, 0.05) is 5.56 Å². The molecule has 2 bridgehead atoms. The van der Waals surface area contributed by atoms with E-state index in [2.05, 4.69) is 12.2 Å². The van der Waals surface area contributed by atoms with Gasteiger partial charge in [0.1, 0.15) is 5.75 Å². The van der Waals surface area contributed by atoms with Crippen LogP contribution in [0.3, 0.4) is 0 Å². The van der Waals surface area contributed by atoms with Gasteiger partial charge in [-0.25, -0.2) is 4.90 Å². The molecule has 2 amide bonds. The summed E-state index contributed by atoms with van der Waals surface area (Å²) in [7, 11) is 0. The Labute approximate surface area is 152 Å². The minimum absolute atomic E-state index is 0.104. The lowest BCUT2D eigenvalue weighted by molar-refractivity contribution is -0.123. The standard InChI is InChI=1S/C21H21NO4/c1-3-26-16-7-4-12(11(2)23)10-15(16)22-19(24)17-13-5-6-14(18(17)20(22)25)21(13)8-9-21/h4-7,10,13-14,17-18H,3,8-9H2,1-2H3/t13-,14+,17-,18-/m0/s1. The maximum atomic E-state index is 13.3. The third kappa shape index (κ3) is 1.78. The number of hydrogen-bond donors (Lipinski definition) is 0. The van der Waals surface area contributed by atoms with Crippen molar-refractivity contribution in [1.29, 1.82) is 0 Å². The first-order valence-corrected chi connectivity index (χ1v) is 9.33. The predicted octanol–water partition coefficient (Wildman–Crippen LogP) is 2.99. The molecule has 0 radical (unpaired) electrons. The minimum Gasteiger partial charge on any atom is -0.492 e. The first kappa shape index (κ1) is 15.8. The van der Waals surface area contributed by atoms with Gasteiger partial charge in [-0.15, -0.1) is 0 Å². The highest BCUT2D eigenvalue weighted by Gasteiger charge is 2.73. The SMILES string of the molecule is CCOc1ccc(C(C)=O)cc1N1C(=O)[C@@H]2[C@@H](C1=O)[C@@H]1C=C[C@H]2C12CC2. The van der Waals surface area contributed by atoms with Gasteiger partial charge in [-0.05, 0) is 62.1 Å². The Kier molecular flexibility index (Phi) is 3.07. The highest BCUT2D eigenvalue weighted by molar-refractivity contribution is 6.24. The number of fused-ring (bicyclic) bond motifs is 3. The van der Waals surface area contributed by atoms with Gasteiger partial charge in [-0.1, -0.05) is 12.2 Å². The summed E-state index contributed by atoms with van der Waals surface area (Å²) >= 11 is 0. The van der Waals surface area contributed by atoms with E-state index in [9.17, 15) is 14.4 Å². The maximum Gasteiger partial charge on any atom is 0.238 e.